The van der Waals surface area contributed by atoms with Crippen LogP contribution in [-0.4, -0.2) is 16.9 Å². The SMILES string of the molecule is O=C(Nc1ccc(Oc2ccnc(C(=O)[NH2+][O-])c2)cc1)Nc1ccc(Cl)c(C(F)(F)F)c1. The van der Waals surface area contributed by atoms with Crippen molar-refractivity contribution in [3.8, 4) is 11.5 Å². The molecule has 0 aliphatic carbocycles. The summed E-state index contributed by atoms with van der Waals surface area (Å²) in [5, 5.41) is 14.9. The van der Waals surface area contributed by atoms with E-state index >= 15 is 0 Å². The van der Waals surface area contributed by atoms with Gasteiger partial charge in [-0.1, -0.05) is 11.6 Å². The Morgan fingerprint density at radius 3 is 2.28 bits per heavy atom. The molecule has 0 saturated heterocycles. The first-order valence-electron chi connectivity index (χ1n) is 8.84. The van der Waals surface area contributed by atoms with E-state index in [1.54, 1.807) is 0 Å². The van der Waals surface area contributed by atoms with Gasteiger partial charge in [-0.05, 0) is 48.5 Å². The number of aromatic nitrogens is 1. The highest BCUT2D eigenvalue weighted by molar-refractivity contribution is 6.31. The molecule has 0 unspecified atom stereocenters. The van der Waals surface area contributed by atoms with E-state index < -0.39 is 28.7 Å². The van der Waals surface area contributed by atoms with Crippen LogP contribution in [-0.2, 0) is 6.18 Å². The van der Waals surface area contributed by atoms with Crippen molar-refractivity contribution in [3.05, 3.63) is 82.3 Å². The first kappa shape index (κ1) is 23.0. The summed E-state index contributed by atoms with van der Waals surface area (Å²) in [5.41, 5.74) is -0.731. The molecule has 3 amide bonds. The molecule has 0 radical (unpaired) electrons. The van der Waals surface area contributed by atoms with Crippen LogP contribution in [0.3, 0.4) is 0 Å². The lowest BCUT2D eigenvalue weighted by atomic mass is 10.2. The van der Waals surface area contributed by atoms with Crippen LogP contribution >= 0.6 is 11.6 Å². The molecule has 0 bridgehead atoms. The fourth-order valence-electron chi connectivity index (χ4n) is 2.53. The fraction of sp³-hybridized carbons (Fsp3) is 0.0500. The van der Waals surface area contributed by atoms with Gasteiger partial charge in [0.1, 0.15) is 11.5 Å². The molecule has 8 nitrogen and oxygen atoms in total. The number of halogens is 4. The van der Waals surface area contributed by atoms with E-state index in [1.807, 2.05) is 0 Å². The topological polar surface area (TPSA) is 120 Å². The molecule has 0 spiro atoms. The van der Waals surface area contributed by atoms with Gasteiger partial charge in [-0.25, -0.2) is 14.6 Å². The van der Waals surface area contributed by atoms with Crippen molar-refractivity contribution >= 4 is 34.9 Å². The Morgan fingerprint density at radius 1 is 0.969 bits per heavy atom. The average molecular weight is 467 g/mol. The van der Waals surface area contributed by atoms with Crippen molar-refractivity contribution in [1.82, 2.24) is 4.98 Å². The van der Waals surface area contributed by atoms with Gasteiger partial charge in [0.05, 0.1) is 10.6 Å². The zero-order valence-electron chi connectivity index (χ0n) is 15.9. The number of nitrogens with one attached hydrogen (secondary N) is 2. The molecule has 0 atom stereocenters. The third-order valence-electron chi connectivity index (χ3n) is 3.97. The predicted octanol–water partition coefficient (Wildman–Crippen LogP) is 4.39. The van der Waals surface area contributed by atoms with Crippen molar-refractivity contribution in [3.63, 3.8) is 0 Å². The van der Waals surface area contributed by atoms with E-state index in [4.69, 9.17) is 16.3 Å². The minimum Gasteiger partial charge on any atom is -0.628 e. The summed E-state index contributed by atoms with van der Waals surface area (Å²) in [6.45, 7) is 0. The van der Waals surface area contributed by atoms with Gasteiger partial charge >= 0.3 is 18.1 Å². The van der Waals surface area contributed by atoms with E-state index in [2.05, 4.69) is 15.6 Å². The van der Waals surface area contributed by atoms with Gasteiger partial charge in [-0.15, -0.1) is 0 Å². The number of carbonyl (C=O) groups excluding carboxylic acids is 2. The third kappa shape index (κ3) is 5.94. The number of anilines is 2. The second-order valence-electron chi connectivity index (χ2n) is 6.26. The zero-order valence-corrected chi connectivity index (χ0v) is 16.7. The summed E-state index contributed by atoms with van der Waals surface area (Å²) in [6.07, 6.45) is -3.34. The van der Waals surface area contributed by atoms with Crippen LogP contribution in [0.15, 0.2) is 60.8 Å². The molecule has 0 aliphatic heterocycles. The molecule has 32 heavy (non-hydrogen) atoms. The summed E-state index contributed by atoms with van der Waals surface area (Å²) in [7, 11) is 0. The molecule has 0 saturated carbocycles. The van der Waals surface area contributed by atoms with Crippen LogP contribution in [0.1, 0.15) is 16.1 Å². The summed E-state index contributed by atoms with van der Waals surface area (Å²) < 4.78 is 44.3. The number of primary amides is 1. The predicted molar refractivity (Wildman–Crippen MR) is 109 cm³/mol. The molecule has 1 aromatic heterocycles. The maximum absolute atomic E-state index is 12.9. The van der Waals surface area contributed by atoms with Crippen molar-refractivity contribution in [2.24, 2.45) is 0 Å². The Bertz CT molecular complexity index is 1140. The lowest BCUT2D eigenvalue weighted by Gasteiger charge is -2.12. The third-order valence-corrected chi connectivity index (χ3v) is 4.30. The molecular weight excluding hydrogens is 453 g/mol. The maximum Gasteiger partial charge on any atom is 0.417 e. The minimum absolute atomic E-state index is 0.0664. The van der Waals surface area contributed by atoms with Crippen LogP contribution in [0.4, 0.5) is 29.3 Å². The van der Waals surface area contributed by atoms with E-state index in [0.29, 0.717) is 11.4 Å². The smallest absolute Gasteiger partial charge is 0.417 e. The van der Waals surface area contributed by atoms with E-state index in [9.17, 15) is 28.0 Å². The molecule has 12 heteroatoms. The molecule has 4 N–H and O–H groups in total. The number of ether oxygens (including phenoxy) is 1. The largest absolute Gasteiger partial charge is 0.628 e. The van der Waals surface area contributed by atoms with Gasteiger partial charge in [0.2, 0.25) is 0 Å². The van der Waals surface area contributed by atoms with Gasteiger partial charge in [-0.2, -0.15) is 13.2 Å². The average Bonchev–Trinajstić information content (AvgIpc) is 2.75. The zero-order chi connectivity index (χ0) is 23.3. The highest BCUT2D eigenvalue weighted by Crippen LogP contribution is 2.36. The fourth-order valence-corrected chi connectivity index (χ4v) is 2.75. The molecule has 3 aromatic rings. The van der Waals surface area contributed by atoms with Gasteiger partial charge in [-0.3, -0.25) is 0 Å². The van der Waals surface area contributed by atoms with Crippen LogP contribution in [0.2, 0.25) is 5.02 Å². The number of pyridine rings is 1. The van der Waals surface area contributed by atoms with Crippen molar-refractivity contribution < 1.29 is 33.0 Å². The van der Waals surface area contributed by atoms with Crippen LogP contribution in [0.25, 0.3) is 0 Å². The number of carbonyl (C=O) groups is 2. The Kier molecular flexibility index (Phi) is 6.93. The molecule has 2 aromatic carbocycles. The van der Waals surface area contributed by atoms with Gasteiger partial charge in [0.15, 0.2) is 5.69 Å². The highest BCUT2D eigenvalue weighted by atomic mass is 35.5. The summed E-state index contributed by atoms with van der Waals surface area (Å²) in [4.78, 5) is 27.3. The van der Waals surface area contributed by atoms with Gasteiger partial charge < -0.3 is 26.1 Å². The first-order chi connectivity index (χ1) is 15.2. The van der Waals surface area contributed by atoms with Gasteiger partial charge in [0, 0.05) is 23.6 Å². The summed E-state index contributed by atoms with van der Waals surface area (Å²) in [6, 6.07) is 11.1. The highest BCUT2D eigenvalue weighted by Gasteiger charge is 2.33. The van der Waals surface area contributed by atoms with E-state index in [-0.39, 0.29) is 22.6 Å². The second kappa shape index (κ2) is 9.64. The van der Waals surface area contributed by atoms with E-state index in [1.165, 1.54) is 48.7 Å². The molecule has 1 heterocycles. The van der Waals surface area contributed by atoms with Crippen LogP contribution < -0.4 is 20.9 Å². The number of amides is 3. The molecular formula is C20H14ClF3N4O4. The number of nitrogens with two attached hydrogens (primary N) is 1. The number of alkyl halides is 3. The Morgan fingerprint density at radius 2 is 1.62 bits per heavy atom. The molecule has 166 valence electrons. The Labute approximate surface area is 183 Å². The minimum atomic E-state index is -4.66. The molecule has 0 aliphatic rings. The summed E-state index contributed by atoms with van der Waals surface area (Å²) >= 11 is 5.56. The normalized spacial score (nSPS) is 11.0. The number of hydroxylamine groups is 1. The molecule has 3 rings (SSSR count). The lowest BCUT2D eigenvalue weighted by Crippen LogP contribution is -2.81. The van der Waals surface area contributed by atoms with Crippen molar-refractivity contribution in [2.45, 2.75) is 6.18 Å². The number of hydrogen-bond acceptors (Lipinski definition) is 5. The monoisotopic (exact) mass is 466 g/mol. The van der Waals surface area contributed by atoms with E-state index in [0.717, 1.165) is 12.1 Å². The lowest BCUT2D eigenvalue weighted by molar-refractivity contribution is -0.482. The van der Waals surface area contributed by atoms with Gasteiger partial charge in [0.25, 0.3) is 0 Å². The maximum atomic E-state index is 12.9. The second-order valence-corrected chi connectivity index (χ2v) is 6.66. The number of urea groups is 1. The van der Waals surface area contributed by atoms with Crippen LogP contribution in [0.5, 0.6) is 11.5 Å². The summed E-state index contributed by atoms with van der Waals surface area (Å²) in [5.74, 6) is -0.157. The number of benzene rings is 2. The first-order valence-corrected chi connectivity index (χ1v) is 9.22. The van der Waals surface area contributed by atoms with Crippen LogP contribution in [0, 0.1) is 5.21 Å². The van der Waals surface area contributed by atoms with Crippen molar-refractivity contribution in [1.29, 1.82) is 0 Å². The molecule has 0 fully saturated rings. The number of rotatable bonds is 5. The quantitative estimate of drug-likeness (QED) is 0.482. The Hall–Kier alpha value is -3.67. The standard InChI is InChI=1S/C20H14ClF3N4O4/c21-16-6-3-12(9-15(16)20(22,23)24)27-19(30)26-11-1-4-13(5-2-11)32-14-7-8-25-17(10-14)18(29)28-31/h1-10H,28H2,(H2,26,27,30). The number of quaternary nitrogens is 1. The van der Waals surface area contributed by atoms with Crippen molar-refractivity contribution in [2.75, 3.05) is 10.6 Å². The number of hydrogen-bond donors (Lipinski definition) is 3. The number of nitrogens with zero attached hydrogens (tertiary/aromatic N) is 1. The Balaban J connectivity index is 1.62.